The Hall–Kier alpha value is -3.84. The Morgan fingerprint density at radius 1 is 0.868 bits per heavy atom. The van der Waals surface area contributed by atoms with Gasteiger partial charge in [0.1, 0.15) is 25.0 Å². The molecule has 4 aromatic carbocycles. The number of anilines is 3. The lowest BCUT2D eigenvalue weighted by Gasteiger charge is -2.40. The van der Waals surface area contributed by atoms with Crippen LogP contribution in [0.2, 0.25) is 13.1 Å². The van der Waals surface area contributed by atoms with E-state index in [1.54, 1.807) is 17.4 Å². The fourth-order valence-electron chi connectivity index (χ4n) is 5.88. The number of benzene rings is 4. The van der Waals surface area contributed by atoms with Crippen LogP contribution in [0.1, 0.15) is 26.9 Å². The van der Waals surface area contributed by atoms with E-state index >= 15 is 0 Å². The zero-order valence-electron chi connectivity index (χ0n) is 20.9. The SMILES string of the molecule is C[Si]1(C)c2ccccc2N(c2ccc(/C=C3/C(=O)c4cc5ccccc5cc4C3O)s2)c2ccc(F)cc21. The van der Waals surface area contributed by atoms with E-state index < -0.39 is 14.2 Å². The molecule has 1 N–H and O–H groups in total. The predicted octanol–water partition coefficient (Wildman–Crippen LogP) is 6.96. The van der Waals surface area contributed by atoms with E-state index in [4.69, 9.17) is 0 Å². The van der Waals surface area contributed by atoms with E-state index in [9.17, 15) is 14.3 Å². The van der Waals surface area contributed by atoms with Gasteiger partial charge in [-0.2, -0.15) is 0 Å². The number of fused-ring (bicyclic) bond motifs is 4. The summed E-state index contributed by atoms with van der Waals surface area (Å²) in [6, 6.07) is 29.1. The molecule has 1 aliphatic heterocycles. The molecule has 5 aromatic rings. The zero-order chi connectivity index (χ0) is 26.2. The number of thiophene rings is 1. The van der Waals surface area contributed by atoms with Crippen LogP contribution in [0.5, 0.6) is 0 Å². The number of halogens is 1. The van der Waals surface area contributed by atoms with Gasteiger partial charge in [-0.1, -0.05) is 55.6 Å². The number of para-hydroxylation sites is 1. The van der Waals surface area contributed by atoms with Crippen molar-refractivity contribution in [3.05, 3.63) is 118 Å². The second kappa shape index (κ2) is 8.33. The summed E-state index contributed by atoms with van der Waals surface area (Å²) in [6.07, 6.45) is 0.852. The molecule has 7 rings (SSSR count). The summed E-state index contributed by atoms with van der Waals surface area (Å²) in [4.78, 5) is 16.4. The van der Waals surface area contributed by atoms with E-state index in [1.165, 1.54) is 11.3 Å². The Labute approximate surface area is 225 Å². The summed E-state index contributed by atoms with van der Waals surface area (Å²) in [7, 11) is -2.10. The van der Waals surface area contributed by atoms with Gasteiger partial charge in [0, 0.05) is 27.4 Å². The number of hydrogen-bond donors (Lipinski definition) is 1. The van der Waals surface area contributed by atoms with Gasteiger partial charge in [-0.15, -0.1) is 11.3 Å². The van der Waals surface area contributed by atoms with Crippen LogP contribution in [0, 0.1) is 5.82 Å². The number of rotatable bonds is 2. The lowest BCUT2D eigenvalue weighted by atomic mass is 10.0. The highest BCUT2D eigenvalue weighted by atomic mass is 32.1. The molecule has 38 heavy (non-hydrogen) atoms. The summed E-state index contributed by atoms with van der Waals surface area (Å²) < 4.78 is 14.4. The van der Waals surface area contributed by atoms with Crippen LogP contribution in [0.15, 0.2) is 96.6 Å². The number of nitrogens with zero attached hydrogens (tertiary/aromatic N) is 1. The predicted molar refractivity (Wildman–Crippen MR) is 157 cm³/mol. The van der Waals surface area contributed by atoms with Crippen LogP contribution in [0.3, 0.4) is 0 Å². The normalized spacial score (nSPS) is 18.5. The van der Waals surface area contributed by atoms with E-state index in [0.29, 0.717) is 16.7 Å². The number of carbonyl (C=O) groups is 1. The molecule has 1 atom stereocenters. The lowest BCUT2D eigenvalue weighted by Crippen LogP contribution is -2.58. The Morgan fingerprint density at radius 3 is 2.39 bits per heavy atom. The highest BCUT2D eigenvalue weighted by Crippen LogP contribution is 2.44. The van der Waals surface area contributed by atoms with Gasteiger partial charge in [0.15, 0.2) is 5.78 Å². The van der Waals surface area contributed by atoms with Crippen LogP contribution in [-0.4, -0.2) is 19.0 Å². The smallest absolute Gasteiger partial charge is 0.192 e. The maximum Gasteiger partial charge on any atom is 0.192 e. The van der Waals surface area contributed by atoms with Crippen LogP contribution in [-0.2, 0) is 0 Å². The molecule has 2 aliphatic rings. The first-order chi connectivity index (χ1) is 18.3. The third-order valence-electron chi connectivity index (χ3n) is 7.84. The topological polar surface area (TPSA) is 40.5 Å². The largest absolute Gasteiger partial charge is 0.383 e. The van der Waals surface area contributed by atoms with E-state index in [2.05, 4.69) is 36.2 Å². The van der Waals surface area contributed by atoms with Gasteiger partial charge in [0.25, 0.3) is 0 Å². The fraction of sp³-hybridized carbons (Fsp3) is 0.0938. The van der Waals surface area contributed by atoms with Crippen LogP contribution in [0.4, 0.5) is 20.8 Å². The van der Waals surface area contributed by atoms with Crippen LogP contribution >= 0.6 is 11.3 Å². The van der Waals surface area contributed by atoms with E-state index in [-0.39, 0.29) is 11.6 Å². The molecule has 6 heteroatoms. The number of aliphatic hydroxyl groups excluding tert-OH is 1. The second-order valence-electron chi connectivity index (χ2n) is 10.4. The molecule has 186 valence electrons. The van der Waals surface area contributed by atoms with E-state index in [0.717, 1.165) is 37.2 Å². The molecule has 1 unspecified atom stereocenters. The molecular formula is C32H24FNO2SSi. The molecule has 0 fully saturated rings. The first kappa shape index (κ1) is 23.3. The van der Waals surface area contributed by atoms with Crippen molar-refractivity contribution in [1.29, 1.82) is 0 Å². The number of Topliss-reactive ketones (excluding diaryl/α,β-unsaturated/α-hetero) is 1. The number of ketones is 1. The Balaban J connectivity index is 1.31. The quantitative estimate of drug-likeness (QED) is 0.197. The average Bonchev–Trinajstić information content (AvgIpc) is 3.47. The van der Waals surface area contributed by atoms with Crippen LogP contribution < -0.4 is 15.3 Å². The molecule has 1 aromatic heterocycles. The minimum atomic E-state index is -2.10. The summed E-state index contributed by atoms with van der Waals surface area (Å²) >= 11 is 1.55. The molecule has 2 heterocycles. The maximum atomic E-state index is 14.4. The number of hydrogen-bond acceptors (Lipinski definition) is 4. The van der Waals surface area contributed by atoms with Gasteiger partial charge in [-0.05, 0) is 81.3 Å². The molecule has 1 aliphatic carbocycles. The van der Waals surface area contributed by atoms with Gasteiger partial charge < -0.3 is 10.0 Å². The van der Waals surface area contributed by atoms with Crippen molar-refractivity contribution >= 4 is 68.8 Å². The summed E-state index contributed by atoms with van der Waals surface area (Å²) in [5.74, 6) is -0.355. The highest BCUT2D eigenvalue weighted by molar-refractivity contribution is 7.17. The van der Waals surface area contributed by atoms with Crippen molar-refractivity contribution < 1.29 is 14.3 Å². The van der Waals surface area contributed by atoms with Gasteiger partial charge >= 0.3 is 0 Å². The Kier molecular flexibility index (Phi) is 5.10. The molecule has 3 nitrogen and oxygen atoms in total. The van der Waals surface area contributed by atoms with Crippen molar-refractivity contribution in [2.45, 2.75) is 19.2 Å². The van der Waals surface area contributed by atoms with Gasteiger partial charge in [-0.25, -0.2) is 4.39 Å². The second-order valence-corrected chi connectivity index (χ2v) is 15.9. The monoisotopic (exact) mass is 533 g/mol. The summed E-state index contributed by atoms with van der Waals surface area (Å²) in [5.41, 5.74) is 3.72. The standard InChI is InChI=1S/C32H24FNO2SSi/c1-38(2)28-10-6-5-9-26(28)34(27-13-11-21(33)17-29(27)38)30-14-12-22(37-30)18-25-31(35)23-15-19-7-3-4-8-20(19)16-24(23)32(25)36/h3-18,31,35H,1-2H3/b25-18+. The summed E-state index contributed by atoms with van der Waals surface area (Å²) in [5, 5.41) is 16.4. The first-order valence-electron chi connectivity index (χ1n) is 12.6. The van der Waals surface area contributed by atoms with E-state index in [1.807, 2.05) is 66.7 Å². The molecule has 0 spiro atoms. The minimum absolute atomic E-state index is 0.134. The third kappa shape index (κ3) is 3.38. The highest BCUT2D eigenvalue weighted by Gasteiger charge is 2.39. The van der Waals surface area contributed by atoms with Crippen molar-refractivity contribution in [2.24, 2.45) is 0 Å². The molecular weight excluding hydrogens is 510 g/mol. The van der Waals surface area contributed by atoms with Gasteiger partial charge in [0.05, 0.1) is 0 Å². The Bertz CT molecular complexity index is 1820. The minimum Gasteiger partial charge on any atom is -0.383 e. The summed E-state index contributed by atoms with van der Waals surface area (Å²) in [6.45, 7) is 4.53. The van der Waals surface area contributed by atoms with Crippen molar-refractivity contribution in [1.82, 2.24) is 0 Å². The van der Waals surface area contributed by atoms with Gasteiger partial charge in [0.2, 0.25) is 0 Å². The maximum absolute atomic E-state index is 14.4. The first-order valence-corrected chi connectivity index (χ1v) is 16.4. The Morgan fingerprint density at radius 2 is 1.58 bits per heavy atom. The average molecular weight is 534 g/mol. The van der Waals surface area contributed by atoms with Crippen molar-refractivity contribution in [3.63, 3.8) is 0 Å². The van der Waals surface area contributed by atoms with Crippen LogP contribution in [0.25, 0.3) is 16.8 Å². The lowest BCUT2D eigenvalue weighted by molar-refractivity contribution is 0.102. The number of carbonyl (C=O) groups excluding carboxylic acids is 1. The molecule has 0 bridgehead atoms. The number of aliphatic hydroxyl groups is 1. The molecule has 0 radical (unpaired) electrons. The van der Waals surface area contributed by atoms with Gasteiger partial charge in [-0.3, -0.25) is 4.79 Å². The molecule has 0 saturated carbocycles. The van der Waals surface area contributed by atoms with Crippen molar-refractivity contribution in [2.75, 3.05) is 4.90 Å². The fourth-order valence-corrected chi connectivity index (χ4v) is 9.84. The third-order valence-corrected chi connectivity index (χ3v) is 12.4. The van der Waals surface area contributed by atoms with Crippen molar-refractivity contribution in [3.8, 4) is 0 Å². The molecule has 0 amide bonds. The molecule has 0 saturated heterocycles. The zero-order valence-corrected chi connectivity index (χ0v) is 22.7.